The molecule has 21 rings (SSSR count). The predicted octanol–water partition coefficient (Wildman–Crippen LogP) is 29.8. The van der Waals surface area contributed by atoms with Crippen LogP contribution >= 0.6 is 11.8 Å². The Kier molecular flexibility index (Phi) is 76.2. The summed E-state index contributed by atoms with van der Waals surface area (Å²) in [6.07, 6.45) is 47.1. The van der Waals surface area contributed by atoms with Gasteiger partial charge in [-0.05, 0) is 404 Å². The molecule has 16 heteroatoms. The second-order valence-electron chi connectivity index (χ2n) is 41.5. The van der Waals surface area contributed by atoms with E-state index in [-0.39, 0.29) is 102 Å². The van der Waals surface area contributed by atoms with Gasteiger partial charge in [-0.2, -0.15) is 0 Å². The third-order valence-electron chi connectivity index (χ3n) is 31.9. The first kappa shape index (κ1) is 146. The number of nitrogens with one attached hydrogen (secondary N) is 13. The SMILES string of the molecule is C.C.C.C.C.C.C.C.C.C.C.C.C.CCCNC(=O)C(C)(C)NC.CN1CCSC1.CNC1(C)CC1.CNC1(C)CCC1.CNC1(C)CCCC1.CNC1(C)CCCCC1.CNC12CC3CC(CC(C3)C1)C2.CNC12CCCC1CCC2.CNC1CCCc2ccccc21.CNC1CCc2ccccc21.CNC1Cc2ccccc2C1.CNC1c2ccccc2-c2ccccc21.CNc1c(C)cccc1C. The van der Waals surface area contributed by atoms with Crippen molar-refractivity contribution in [2.45, 2.75) is 440 Å². The molecular weight excluding hydrogens is 1750 g/mol. The zero-order valence-corrected chi connectivity index (χ0v) is 85.8. The Morgan fingerprint density at radius 1 is 0.404 bits per heavy atom. The van der Waals surface area contributed by atoms with Gasteiger partial charge in [-0.1, -0.05) is 288 Å². The summed E-state index contributed by atoms with van der Waals surface area (Å²) in [6, 6.07) is 51.9. The molecule has 11 fully saturated rings. The minimum atomic E-state index is -0.449. The fraction of sp³-hybridized carbons (Fsp3) is 0.704. The number of rotatable bonds is 15. The Bertz CT molecular complexity index is 3980. The van der Waals surface area contributed by atoms with Crippen LogP contribution < -0.4 is 69.1 Å². The van der Waals surface area contributed by atoms with Gasteiger partial charge in [-0.3, -0.25) is 9.69 Å². The van der Waals surface area contributed by atoms with Crippen LogP contribution in [0.25, 0.3) is 11.1 Å². The van der Waals surface area contributed by atoms with E-state index in [1.165, 1.54) is 283 Å². The average Bonchev–Trinajstić information content (AvgIpc) is 1.74. The number of anilines is 1. The fourth-order valence-electron chi connectivity index (χ4n) is 22.2. The lowest BCUT2D eigenvalue weighted by molar-refractivity contribution is -0.126. The molecule has 2 unspecified atom stereocenters. The maximum atomic E-state index is 11.3. The topological polar surface area (TPSA) is 177 Å². The summed E-state index contributed by atoms with van der Waals surface area (Å²) in [7, 11) is 26.5. The van der Waals surface area contributed by atoms with Crippen molar-refractivity contribution in [2.75, 3.05) is 122 Å². The summed E-state index contributed by atoms with van der Waals surface area (Å²) >= 11 is 2.01. The van der Waals surface area contributed by atoms with Crippen molar-refractivity contribution in [3.8, 4) is 11.1 Å². The van der Waals surface area contributed by atoms with E-state index in [9.17, 15) is 4.79 Å². The first-order valence-electron chi connectivity index (χ1n) is 50.8. The highest BCUT2D eigenvalue weighted by Crippen LogP contribution is 2.56. The van der Waals surface area contributed by atoms with Crippen LogP contribution in [0.5, 0.6) is 0 Å². The maximum Gasteiger partial charge on any atom is 0.239 e. The Morgan fingerprint density at radius 2 is 0.794 bits per heavy atom. The number of thioether (sulfide) groups is 1. The van der Waals surface area contributed by atoms with Crippen molar-refractivity contribution in [3.63, 3.8) is 0 Å². The Labute approximate surface area is 882 Å². The van der Waals surface area contributed by atoms with Crippen molar-refractivity contribution < 1.29 is 4.79 Å². The molecule has 4 bridgehead atoms. The number of aryl methyl sites for hydroxylation is 4. The Morgan fingerprint density at radius 3 is 1.11 bits per heavy atom. The molecule has 1 amide bonds. The van der Waals surface area contributed by atoms with E-state index < -0.39 is 5.54 Å². The highest BCUT2D eigenvalue weighted by molar-refractivity contribution is 7.99. The third-order valence-corrected chi connectivity index (χ3v) is 33.0. The van der Waals surface area contributed by atoms with Crippen LogP contribution in [0.4, 0.5) is 5.69 Å². The highest BCUT2D eigenvalue weighted by atomic mass is 32.2. The van der Waals surface area contributed by atoms with Crippen LogP contribution in [-0.4, -0.2) is 172 Å². The number of fused-ring (bicyclic) bond motifs is 7. The summed E-state index contributed by atoms with van der Waals surface area (Å²) in [5.74, 6) is 6.91. The van der Waals surface area contributed by atoms with Crippen LogP contribution in [0, 0.1) is 37.5 Å². The smallest absolute Gasteiger partial charge is 0.239 e. The molecule has 141 heavy (non-hydrogen) atoms. The molecule has 1 aliphatic heterocycles. The Hall–Kier alpha value is -5.54. The van der Waals surface area contributed by atoms with Crippen LogP contribution in [-0.2, 0) is 30.5 Å². The molecule has 2 atom stereocenters. The zero-order chi connectivity index (χ0) is 92.8. The summed E-state index contributed by atoms with van der Waals surface area (Å²) in [5, 5.41) is 42.7. The van der Waals surface area contributed by atoms with Crippen LogP contribution in [0.15, 0.2) is 140 Å². The lowest BCUT2D eigenvalue weighted by Gasteiger charge is -2.56. The molecule has 13 N–H and O–H groups in total. The molecule has 15 nitrogen and oxygen atoms in total. The van der Waals surface area contributed by atoms with E-state index >= 15 is 0 Å². The number of likely N-dealkylation sites (N-methyl/N-ethyl adjacent to an activating group) is 2. The van der Waals surface area contributed by atoms with Gasteiger partial charge in [0.05, 0.1) is 11.6 Å². The molecule has 10 saturated carbocycles. The lowest BCUT2D eigenvalue weighted by Crippen LogP contribution is -2.57. The van der Waals surface area contributed by atoms with Gasteiger partial charge < -0.3 is 69.1 Å². The number of hydrogen-bond acceptors (Lipinski definition) is 15. The molecule has 0 radical (unpaired) electrons. The maximum absolute atomic E-state index is 11.3. The largest absolute Gasteiger partial charge is 0.388 e. The van der Waals surface area contributed by atoms with Crippen molar-refractivity contribution in [1.29, 1.82) is 0 Å². The third kappa shape index (κ3) is 44.8. The van der Waals surface area contributed by atoms with Gasteiger partial charge in [0, 0.05) is 88.8 Å². The van der Waals surface area contributed by atoms with E-state index in [0.29, 0.717) is 57.4 Å². The van der Waals surface area contributed by atoms with Gasteiger partial charge in [0.2, 0.25) is 5.91 Å². The van der Waals surface area contributed by atoms with Crippen molar-refractivity contribution in [2.24, 2.45) is 23.7 Å². The highest BCUT2D eigenvalue weighted by Gasteiger charge is 2.50. The number of carbonyl (C=O) groups excluding carboxylic acids is 1. The Balaban J connectivity index is -0.000000349. The molecule has 15 aliphatic rings. The summed E-state index contributed by atoms with van der Waals surface area (Å²) in [5.41, 5.74) is 21.2. The number of amides is 1. The molecule has 820 valence electrons. The molecule has 14 aliphatic carbocycles. The lowest BCUT2D eigenvalue weighted by atomic mass is 9.53. The van der Waals surface area contributed by atoms with Gasteiger partial charge in [0.25, 0.3) is 0 Å². The molecule has 0 aromatic heterocycles. The quantitative estimate of drug-likeness (QED) is 0.0467. The van der Waals surface area contributed by atoms with Gasteiger partial charge in [0.1, 0.15) is 0 Å². The van der Waals surface area contributed by atoms with Gasteiger partial charge >= 0.3 is 0 Å². The van der Waals surface area contributed by atoms with E-state index in [0.717, 1.165) is 36.6 Å². The van der Waals surface area contributed by atoms with Crippen molar-refractivity contribution in [3.05, 3.63) is 195 Å². The van der Waals surface area contributed by atoms with Gasteiger partial charge in [0.15, 0.2) is 0 Å². The molecule has 1 heterocycles. The monoisotopic (exact) mass is 1980 g/mol. The standard InChI is InChI=1S/C14H13N.C11H19N.C11H15N.2C10H13N.C9H17N.C9H13N.C8H18N2O.C8H17N.C7H15N.C6H13N.C5H11N.C4H9NS.13CH4/c1-15-14-12-8-4-2-6-10(12)11-7-3-5-9-13(11)14;1-12-11-5-8-2-9(6-11)4-10(3-8)7-11;1-12-11-8-4-6-9-5-2-3-7-10(9)11;1-11-10-6-8-4-2-3-5-9(8)7-10;1-11-10-7-6-8-4-2-3-5-9(8)10;1-10-9-6-2-4-8(9)5-3-7-9;1-7-5-4-6-8(2)9(7)10-3;1-5-6-10-7(11)8(2,3)9-4;1-8(9-2)6-4-3-5-7-8;1-7(8-2)5-3-4-6-7;1-6(7-2)4-3-5-6;1-5(6-2)3-4-5;1-5-2-3-6-4-5;;;;;;;;;;;;;/h2-9,14-15H,1H3;8-10,12H,2-7H2,1H3;2-3,5,7,11-12H,4,6,8H2,1H3;2*2-5,10-11H,6-7H2,1H3;8,10H,2-7H2,1H3;4-6,10H,1-3H3;9H,5-6H2,1-4H3,(H,10,11);9H,3-7H2,1-2H3;8H,3-6H2,1-2H3;7H,3-5H2,1-2H3;6H,3-4H2,1-2H3;2-4H2,1H3;13*1H4. The van der Waals surface area contributed by atoms with Crippen molar-refractivity contribution >= 4 is 23.4 Å². The normalized spacial score (nSPS) is 22.6. The number of benzene rings is 6. The number of nitrogens with zero attached hydrogens (tertiary/aromatic N) is 1. The van der Waals surface area contributed by atoms with E-state index in [4.69, 9.17) is 0 Å². The summed E-state index contributed by atoms with van der Waals surface area (Å²) < 4.78 is 0. The second kappa shape index (κ2) is 73.5. The van der Waals surface area contributed by atoms with E-state index in [1.54, 1.807) is 26.3 Å². The molecule has 0 spiro atoms. The van der Waals surface area contributed by atoms with E-state index in [1.807, 2.05) is 81.9 Å². The molecular formula is C125H238N14OS. The fourth-order valence-corrected chi connectivity index (χ4v) is 23.2. The summed E-state index contributed by atoms with van der Waals surface area (Å²) in [4.78, 5) is 13.6. The zero-order valence-electron chi connectivity index (χ0n) is 85.0. The van der Waals surface area contributed by atoms with Crippen LogP contribution in [0.2, 0.25) is 0 Å². The second-order valence-corrected chi connectivity index (χ2v) is 42.6. The van der Waals surface area contributed by atoms with Gasteiger partial charge in [-0.25, -0.2) is 0 Å². The first-order chi connectivity index (χ1) is 61.6. The summed E-state index contributed by atoms with van der Waals surface area (Å²) in [6.45, 7) is 21.2. The van der Waals surface area contributed by atoms with Crippen LogP contribution in [0.3, 0.4) is 0 Å². The first-order valence-corrected chi connectivity index (χ1v) is 51.9. The van der Waals surface area contributed by atoms with Crippen LogP contribution in [0.1, 0.15) is 411 Å². The minimum absolute atomic E-state index is 0. The van der Waals surface area contributed by atoms with Crippen molar-refractivity contribution in [1.82, 2.24) is 68.7 Å². The number of carbonyl (C=O) groups is 1. The van der Waals surface area contributed by atoms with E-state index in [2.05, 4.69) is 290 Å². The molecule has 6 aromatic carbocycles. The average molecular weight is 1990 g/mol. The number of hydrogen-bond donors (Lipinski definition) is 13. The van der Waals surface area contributed by atoms with Gasteiger partial charge in [-0.15, -0.1) is 11.8 Å². The predicted molar refractivity (Wildman–Crippen MR) is 644 cm³/mol. The molecule has 6 aromatic rings. The molecule has 1 saturated heterocycles. The number of para-hydroxylation sites is 1. The minimum Gasteiger partial charge on any atom is -0.388 e.